The molecule has 1 aromatic heterocycles. The minimum absolute atomic E-state index is 0.138. The van der Waals surface area contributed by atoms with Crippen LogP contribution in [-0.2, 0) is 35.1 Å². The number of ether oxygens (including phenoxy) is 3. The summed E-state index contributed by atoms with van der Waals surface area (Å²) in [5.74, 6) is -2.70. The van der Waals surface area contributed by atoms with E-state index in [1.165, 1.54) is 0 Å². The zero-order valence-corrected chi connectivity index (χ0v) is 30.5. The number of benzene rings is 1. The van der Waals surface area contributed by atoms with Crippen molar-refractivity contribution in [3.63, 3.8) is 0 Å². The van der Waals surface area contributed by atoms with Crippen molar-refractivity contribution in [2.24, 2.45) is 11.8 Å². The van der Waals surface area contributed by atoms with E-state index in [0.29, 0.717) is 76.1 Å². The van der Waals surface area contributed by atoms with Crippen LogP contribution >= 0.6 is 0 Å². The van der Waals surface area contributed by atoms with Crippen LogP contribution in [0.3, 0.4) is 0 Å². The number of anilines is 1. The molecule has 0 bridgehead atoms. The summed E-state index contributed by atoms with van der Waals surface area (Å²) in [5.41, 5.74) is 6.89. The lowest BCUT2D eigenvalue weighted by Crippen LogP contribution is -2.62. The summed E-state index contributed by atoms with van der Waals surface area (Å²) in [6.07, 6.45) is 3.78. The fourth-order valence-electron chi connectivity index (χ4n) is 7.17. The number of hydrogen-bond donors (Lipinski definition) is 4. The van der Waals surface area contributed by atoms with Gasteiger partial charge < -0.3 is 35.7 Å². The number of aryl methyl sites for hydroxylation is 1. The Morgan fingerprint density at radius 1 is 1.22 bits per heavy atom. The number of fused-ring (bicyclic) bond motifs is 1. The number of cyclic esters (lactones) is 1. The Bertz CT molecular complexity index is 1490. The number of hydrogen-bond acceptors (Lipinski definition) is 12. The second kappa shape index (κ2) is 18.4. The Labute approximate surface area is 299 Å². The van der Waals surface area contributed by atoms with Crippen molar-refractivity contribution in [1.82, 2.24) is 30.5 Å². The van der Waals surface area contributed by atoms with Crippen LogP contribution in [-0.4, -0.2) is 112 Å². The van der Waals surface area contributed by atoms with Gasteiger partial charge in [0.2, 0.25) is 0 Å². The minimum atomic E-state index is -1.27. The standard InChI is InChI=1S/C36H55N7O8/c1-6-31-36(4)33(43(35(48)51-36)17-8-7-16-42-22-29(40-41-42)25-10-9-11-26(37)19-25)28(14-15-38-21-32(45)46)39-20-23(2)18-27(49-5)12-13-30(44)24(3)34(47)50-31/h9-11,19,22-24,27-28,31,33,38-39H,6-8,12-18,20-21,37H2,1-5H3,(H,45,46)/t23-,24-,27+,28-,31-,33-,36-/m1/s1. The molecule has 0 spiro atoms. The average molecular weight is 714 g/mol. The average Bonchev–Trinajstić information content (AvgIpc) is 3.67. The largest absolute Gasteiger partial charge is 0.480 e. The van der Waals surface area contributed by atoms with Crippen molar-refractivity contribution in [2.45, 2.75) is 109 Å². The monoisotopic (exact) mass is 713 g/mol. The molecule has 15 nitrogen and oxygen atoms in total. The lowest BCUT2D eigenvalue weighted by Gasteiger charge is -2.42. The molecule has 0 aliphatic carbocycles. The highest BCUT2D eigenvalue weighted by Crippen LogP contribution is 2.39. The number of rotatable bonds is 13. The first-order valence-electron chi connectivity index (χ1n) is 18.0. The number of aromatic nitrogens is 3. The van der Waals surface area contributed by atoms with Crippen molar-refractivity contribution in [3.05, 3.63) is 30.5 Å². The number of nitrogens with one attached hydrogen (secondary N) is 2. The first kappa shape index (κ1) is 39.7. The number of nitrogen functional groups attached to an aromatic ring is 1. The number of ketones is 1. The van der Waals surface area contributed by atoms with Gasteiger partial charge in [0.25, 0.3) is 0 Å². The Kier molecular flexibility index (Phi) is 14.3. The van der Waals surface area contributed by atoms with Gasteiger partial charge in [-0.1, -0.05) is 31.2 Å². The number of methoxy groups -OCH3 is 1. The van der Waals surface area contributed by atoms with Crippen LogP contribution in [0.15, 0.2) is 30.5 Å². The number of nitrogens with zero attached hydrogens (tertiary/aromatic N) is 4. The molecule has 7 atom stereocenters. The van der Waals surface area contributed by atoms with Gasteiger partial charge in [0, 0.05) is 43.9 Å². The smallest absolute Gasteiger partial charge is 0.410 e. The lowest BCUT2D eigenvalue weighted by atomic mass is 9.82. The predicted molar refractivity (Wildman–Crippen MR) is 190 cm³/mol. The van der Waals surface area contributed by atoms with Gasteiger partial charge in [-0.2, -0.15) is 0 Å². The summed E-state index contributed by atoms with van der Waals surface area (Å²) in [4.78, 5) is 53.2. The molecule has 0 saturated carbocycles. The Morgan fingerprint density at radius 2 is 1.98 bits per heavy atom. The molecule has 2 aromatic rings. The summed E-state index contributed by atoms with van der Waals surface area (Å²) in [6, 6.07) is 6.50. The molecule has 2 aliphatic heterocycles. The van der Waals surface area contributed by atoms with Crippen LogP contribution in [0.25, 0.3) is 11.3 Å². The number of esters is 1. The number of carbonyl (C=O) groups excluding carboxylic acids is 3. The summed E-state index contributed by atoms with van der Waals surface area (Å²) >= 11 is 0. The predicted octanol–water partition coefficient (Wildman–Crippen LogP) is 3.27. The van der Waals surface area contributed by atoms with Gasteiger partial charge in [0.05, 0.1) is 24.9 Å². The number of nitrogens with two attached hydrogens (primary N) is 1. The topological polar surface area (TPSA) is 200 Å². The van der Waals surface area contributed by atoms with E-state index in [4.69, 9.17) is 19.9 Å². The number of Topliss-reactive ketones (excluding diaryl/α,β-unsaturated/α-hetero) is 1. The van der Waals surface area contributed by atoms with Gasteiger partial charge in [-0.25, -0.2) is 4.79 Å². The molecule has 0 radical (unpaired) electrons. The SMILES string of the molecule is CC[C@H]1OC(=O)[C@H](C)C(=O)CC[C@H](OC)C[C@@H](C)CN[C@H](CCNCC(=O)O)[C@H]2N(CCCCn3cc(-c4cccc(N)c4)nn3)C(=O)O[C@]12C. The molecule has 2 saturated heterocycles. The van der Waals surface area contributed by atoms with E-state index in [1.807, 2.05) is 37.4 Å². The van der Waals surface area contributed by atoms with Gasteiger partial charge >= 0.3 is 18.0 Å². The molecule has 4 rings (SSSR count). The highest BCUT2D eigenvalue weighted by molar-refractivity contribution is 5.98. The number of aliphatic carboxylic acids is 1. The normalized spacial score (nSPS) is 28.0. The van der Waals surface area contributed by atoms with Gasteiger partial charge in [-0.05, 0) is 83.5 Å². The van der Waals surface area contributed by atoms with E-state index < -0.39 is 41.7 Å². The zero-order chi connectivity index (χ0) is 37.1. The third kappa shape index (κ3) is 10.5. The highest BCUT2D eigenvalue weighted by atomic mass is 16.6. The molecule has 1 amide bonds. The first-order valence-corrected chi connectivity index (χ1v) is 18.0. The maximum Gasteiger partial charge on any atom is 0.410 e. The van der Waals surface area contributed by atoms with Crippen LogP contribution in [0.5, 0.6) is 0 Å². The van der Waals surface area contributed by atoms with E-state index in [2.05, 4.69) is 27.9 Å². The molecular formula is C36H55N7O8. The molecular weight excluding hydrogens is 658 g/mol. The molecule has 5 N–H and O–H groups in total. The Hall–Kier alpha value is -4.08. The number of carbonyl (C=O) groups is 4. The number of carboxylic acids is 1. The second-order valence-electron chi connectivity index (χ2n) is 14.0. The molecule has 51 heavy (non-hydrogen) atoms. The number of unbranched alkanes of at least 4 members (excludes halogenated alkanes) is 1. The molecule has 1 aromatic carbocycles. The first-order chi connectivity index (χ1) is 24.4. The molecule has 282 valence electrons. The van der Waals surface area contributed by atoms with E-state index >= 15 is 0 Å². The van der Waals surface area contributed by atoms with E-state index in [9.17, 15) is 24.3 Å². The summed E-state index contributed by atoms with van der Waals surface area (Å²) in [6.45, 7) is 8.95. The van der Waals surface area contributed by atoms with E-state index in [-0.39, 0.29) is 36.8 Å². The minimum Gasteiger partial charge on any atom is -0.480 e. The van der Waals surface area contributed by atoms with Crippen molar-refractivity contribution < 1.29 is 38.5 Å². The van der Waals surface area contributed by atoms with Gasteiger partial charge in [0.15, 0.2) is 5.60 Å². The summed E-state index contributed by atoms with van der Waals surface area (Å²) in [5, 5.41) is 24.4. The van der Waals surface area contributed by atoms with Crippen molar-refractivity contribution in [3.8, 4) is 11.3 Å². The molecule has 2 aliphatic rings. The van der Waals surface area contributed by atoms with Gasteiger partial charge in [-0.15, -0.1) is 5.10 Å². The number of amides is 1. The van der Waals surface area contributed by atoms with Crippen LogP contribution in [0.2, 0.25) is 0 Å². The fraction of sp³-hybridized carbons (Fsp3) is 0.667. The summed E-state index contributed by atoms with van der Waals surface area (Å²) < 4.78 is 19.7. The lowest BCUT2D eigenvalue weighted by molar-refractivity contribution is -0.169. The maximum atomic E-state index is 13.8. The molecule has 0 unspecified atom stereocenters. The van der Waals surface area contributed by atoms with E-state index in [1.54, 1.807) is 30.5 Å². The Morgan fingerprint density at radius 3 is 2.69 bits per heavy atom. The second-order valence-corrected chi connectivity index (χ2v) is 14.0. The fourth-order valence-corrected chi connectivity index (χ4v) is 7.17. The van der Waals surface area contributed by atoms with Crippen LogP contribution in [0.1, 0.15) is 72.6 Å². The van der Waals surface area contributed by atoms with Crippen LogP contribution < -0.4 is 16.4 Å². The van der Waals surface area contributed by atoms with Gasteiger partial charge in [-0.3, -0.25) is 24.0 Å². The van der Waals surface area contributed by atoms with Crippen molar-refractivity contribution in [1.29, 1.82) is 0 Å². The van der Waals surface area contributed by atoms with Crippen LogP contribution in [0, 0.1) is 11.8 Å². The third-order valence-electron chi connectivity index (χ3n) is 10.1. The summed E-state index contributed by atoms with van der Waals surface area (Å²) in [7, 11) is 1.62. The third-order valence-corrected chi connectivity index (χ3v) is 10.1. The zero-order valence-electron chi connectivity index (χ0n) is 30.5. The quantitative estimate of drug-likeness (QED) is 0.102. The van der Waals surface area contributed by atoms with Crippen LogP contribution in [0.4, 0.5) is 10.5 Å². The van der Waals surface area contributed by atoms with Crippen molar-refractivity contribution in [2.75, 3.05) is 39.0 Å². The van der Waals surface area contributed by atoms with E-state index in [0.717, 1.165) is 5.56 Å². The van der Waals surface area contributed by atoms with Crippen molar-refractivity contribution >= 4 is 29.5 Å². The number of carboxylic acid groups (broad SMARTS) is 1. The molecule has 15 heteroatoms. The highest BCUT2D eigenvalue weighted by Gasteiger charge is 2.58. The molecule has 3 heterocycles. The molecule has 2 fully saturated rings. The van der Waals surface area contributed by atoms with Gasteiger partial charge in [0.1, 0.15) is 23.5 Å². The Balaban J connectivity index is 1.59. The maximum absolute atomic E-state index is 13.8.